The van der Waals surface area contributed by atoms with Gasteiger partial charge in [0.05, 0.1) is 13.7 Å². The van der Waals surface area contributed by atoms with Crippen LogP contribution in [0.2, 0.25) is 0 Å². The number of amides is 1. The maximum atomic E-state index is 12.0. The standard InChI is InChI=1S/C15H14BrNO4/c1-9-13(15(19)20-2)7-12(21-9)8-17-14(18)10-3-5-11(16)6-4-10/h3-7H,8H2,1-2H3,(H,17,18). The van der Waals surface area contributed by atoms with Gasteiger partial charge in [0.1, 0.15) is 17.1 Å². The van der Waals surface area contributed by atoms with E-state index in [2.05, 4.69) is 26.0 Å². The molecule has 6 heteroatoms. The van der Waals surface area contributed by atoms with Crippen molar-refractivity contribution >= 4 is 27.8 Å². The molecule has 21 heavy (non-hydrogen) atoms. The molecule has 0 aliphatic heterocycles. The molecular weight excluding hydrogens is 338 g/mol. The van der Waals surface area contributed by atoms with Gasteiger partial charge in [0.25, 0.3) is 5.91 Å². The van der Waals surface area contributed by atoms with Crippen LogP contribution >= 0.6 is 15.9 Å². The van der Waals surface area contributed by atoms with Crippen LogP contribution in [0.25, 0.3) is 0 Å². The zero-order valence-corrected chi connectivity index (χ0v) is 13.2. The number of carbonyl (C=O) groups is 2. The molecule has 0 saturated carbocycles. The van der Waals surface area contributed by atoms with E-state index >= 15 is 0 Å². The zero-order valence-electron chi connectivity index (χ0n) is 11.6. The second-order valence-corrected chi connectivity index (χ2v) is 5.28. The SMILES string of the molecule is COC(=O)c1cc(CNC(=O)c2ccc(Br)cc2)oc1C. The third kappa shape index (κ3) is 3.72. The fourth-order valence-electron chi connectivity index (χ4n) is 1.81. The first-order chi connectivity index (χ1) is 10.0. The molecule has 0 fully saturated rings. The summed E-state index contributed by atoms with van der Waals surface area (Å²) in [7, 11) is 1.31. The van der Waals surface area contributed by atoms with E-state index in [9.17, 15) is 9.59 Å². The van der Waals surface area contributed by atoms with Crippen molar-refractivity contribution in [2.75, 3.05) is 7.11 Å². The highest BCUT2D eigenvalue weighted by Gasteiger charge is 2.15. The van der Waals surface area contributed by atoms with E-state index in [1.165, 1.54) is 7.11 Å². The quantitative estimate of drug-likeness (QED) is 0.859. The Morgan fingerprint density at radius 3 is 2.57 bits per heavy atom. The fraction of sp³-hybridized carbons (Fsp3) is 0.200. The van der Waals surface area contributed by atoms with Crippen LogP contribution in [0.3, 0.4) is 0 Å². The molecule has 0 bridgehead atoms. The van der Waals surface area contributed by atoms with E-state index in [4.69, 9.17) is 4.42 Å². The number of hydrogen-bond donors (Lipinski definition) is 1. The maximum Gasteiger partial charge on any atom is 0.341 e. The van der Waals surface area contributed by atoms with Crippen molar-refractivity contribution in [1.29, 1.82) is 0 Å². The molecule has 5 nitrogen and oxygen atoms in total. The van der Waals surface area contributed by atoms with Crippen LogP contribution in [-0.2, 0) is 11.3 Å². The molecule has 0 aliphatic rings. The lowest BCUT2D eigenvalue weighted by Crippen LogP contribution is -2.22. The van der Waals surface area contributed by atoms with Crippen molar-refractivity contribution in [3.05, 3.63) is 57.5 Å². The molecular formula is C15H14BrNO4. The highest BCUT2D eigenvalue weighted by Crippen LogP contribution is 2.16. The van der Waals surface area contributed by atoms with Crippen molar-refractivity contribution < 1.29 is 18.7 Å². The number of rotatable bonds is 4. The topological polar surface area (TPSA) is 68.5 Å². The number of hydrogen-bond acceptors (Lipinski definition) is 4. The second kappa shape index (κ2) is 6.58. The second-order valence-electron chi connectivity index (χ2n) is 4.36. The summed E-state index contributed by atoms with van der Waals surface area (Å²) < 4.78 is 11.0. The van der Waals surface area contributed by atoms with Gasteiger partial charge >= 0.3 is 5.97 Å². The minimum atomic E-state index is -0.457. The summed E-state index contributed by atoms with van der Waals surface area (Å²) in [5, 5.41) is 2.73. The Bertz CT molecular complexity index is 661. The van der Waals surface area contributed by atoms with E-state index in [0.717, 1.165) is 4.47 Å². The summed E-state index contributed by atoms with van der Waals surface area (Å²) in [5.74, 6) is 0.297. The molecule has 1 N–H and O–H groups in total. The first kappa shape index (κ1) is 15.3. The molecule has 2 aromatic rings. The Hall–Kier alpha value is -2.08. The van der Waals surface area contributed by atoms with Gasteiger partial charge in [0, 0.05) is 10.0 Å². The van der Waals surface area contributed by atoms with Gasteiger partial charge in [-0.05, 0) is 37.3 Å². The van der Waals surface area contributed by atoms with Gasteiger partial charge in [-0.15, -0.1) is 0 Å². The van der Waals surface area contributed by atoms with Gasteiger partial charge in [0.15, 0.2) is 0 Å². The normalized spacial score (nSPS) is 10.2. The maximum absolute atomic E-state index is 12.0. The van der Waals surface area contributed by atoms with E-state index in [0.29, 0.717) is 22.6 Å². The van der Waals surface area contributed by atoms with E-state index < -0.39 is 5.97 Å². The predicted octanol–water partition coefficient (Wildman–Crippen LogP) is 3.07. The average Bonchev–Trinajstić information content (AvgIpc) is 2.86. The minimum Gasteiger partial charge on any atom is -0.465 e. The molecule has 1 aromatic carbocycles. The Kier molecular flexibility index (Phi) is 4.80. The summed E-state index contributed by atoms with van der Waals surface area (Å²) >= 11 is 3.31. The number of furan rings is 1. The van der Waals surface area contributed by atoms with E-state index in [-0.39, 0.29) is 12.5 Å². The smallest absolute Gasteiger partial charge is 0.341 e. The third-order valence-corrected chi connectivity index (χ3v) is 3.43. The molecule has 1 aromatic heterocycles. The van der Waals surface area contributed by atoms with Gasteiger partial charge in [-0.2, -0.15) is 0 Å². The van der Waals surface area contributed by atoms with Gasteiger partial charge in [-0.25, -0.2) is 4.79 Å². The molecule has 0 atom stereocenters. The Morgan fingerprint density at radius 2 is 1.95 bits per heavy atom. The number of nitrogens with one attached hydrogen (secondary N) is 1. The predicted molar refractivity (Wildman–Crippen MR) is 80.1 cm³/mol. The van der Waals surface area contributed by atoms with Crippen LogP contribution in [0.1, 0.15) is 32.2 Å². The lowest BCUT2D eigenvalue weighted by molar-refractivity contribution is 0.0598. The van der Waals surface area contributed by atoms with Crippen molar-refractivity contribution in [3.63, 3.8) is 0 Å². The molecule has 0 radical (unpaired) electrons. The van der Waals surface area contributed by atoms with Crippen LogP contribution in [0, 0.1) is 6.92 Å². The number of ether oxygens (including phenoxy) is 1. The first-order valence-electron chi connectivity index (χ1n) is 6.22. The molecule has 0 unspecified atom stereocenters. The molecule has 0 aliphatic carbocycles. The molecule has 0 saturated heterocycles. The van der Waals surface area contributed by atoms with E-state index in [1.54, 1.807) is 37.3 Å². The number of benzene rings is 1. The monoisotopic (exact) mass is 351 g/mol. The number of carbonyl (C=O) groups excluding carboxylic acids is 2. The summed E-state index contributed by atoms with van der Waals surface area (Å²) in [4.78, 5) is 23.4. The number of aryl methyl sites for hydroxylation is 1. The van der Waals surface area contributed by atoms with Gasteiger partial charge in [-0.1, -0.05) is 15.9 Å². The summed E-state index contributed by atoms with van der Waals surface area (Å²) in [5.41, 5.74) is 0.917. The number of methoxy groups -OCH3 is 1. The molecule has 1 heterocycles. The van der Waals surface area contributed by atoms with Gasteiger partial charge < -0.3 is 14.5 Å². The first-order valence-corrected chi connectivity index (χ1v) is 7.02. The van der Waals surface area contributed by atoms with Crippen molar-refractivity contribution in [1.82, 2.24) is 5.32 Å². The molecule has 110 valence electrons. The number of esters is 1. The largest absolute Gasteiger partial charge is 0.465 e. The number of halogens is 1. The minimum absolute atomic E-state index is 0.201. The van der Waals surface area contributed by atoms with Crippen LogP contribution in [0.5, 0.6) is 0 Å². The van der Waals surface area contributed by atoms with Gasteiger partial charge in [-0.3, -0.25) is 4.79 Å². The summed E-state index contributed by atoms with van der Waals surface area (Å²) in [6, 6.07) is 8.59. The van der Waals surface area contributed by atoms with Gasteiger partial charge in [0.2, 0.25) is 0 Å². The Labute approximate surface area is 130 Å². The Balaban J connectivity index is 2.01. The summed E-state index contributed by atoms with van der Waals surface area (Å²) in [6.45, 7) is 1.87. The van der Waals surface area contributed by atoms with Crippen molar-refractivity contribution in [3.8, 4) is 0 Å². The lowest BCUT2D eigenvalue weighted by Gasteiger charge is -2.03. The van der Waals surface area contributed by atoms with Crippen LogP contribution in [-0.4, -0.2) is 19.0 Å². The molecule has 2 rings (SSSR count). The molecule has 0 spiro atoms. The zero-order chi connectivity index (χ0) is 15.4. The Morgan fingerprint density at radius 1 is 1.29 bits per heavy atom. The fourth-order valence-corrected chi connectivity index (χ4v) is 2.08. The van der Waals surface area contributed by atoms with Crippen molar-refractivity contribution in [2.24, 2.45) is 0 Å². The third-order valence-electron chi connectivity index (χ3n) is 2.90. The van der Waals surface area contributed by atoms with Crippen LogP contribution < -0.4 is 5.32 Å². The lowest BCUT2D eigenvalue weighted by atomic mass is 10.2. The van der Waals surface area contributed by atoms with Crippen LogP contribution in [0.4, 0.5) is 0 Å². The summed E-state index contributed by atoms with van der Waals surface area (Å²) in [6.07, 6.45) is 0. The average molecular weight is 352 g/mol. The van der Waals surface area contributed by atoms with Crippen LogP contribution in [0.15, 0.2) is 39.2 Å². The highest BCUT2D eigenvalue weighted by atomic mass is 79.9. The molecule has 1 amide bonds. The van der Waals surface area contributed by atoms with Crippen molar-refractivity contribution in [2.45, 2.75) is 13.5 Å². The highest BCUT2D eigenvalue weighted by molar-refractivity contribution is 9.10. The van der Waals surface area contributed by atoms with E-state index in [1.807, 2.05) is 0 Å².